The van der Waals surface area contributed by atoms with Gasteiger partial charge in [0.25, 0.3) is 0 Å². The molecule has 1 aliphatic carbocycles. The summed E-state index contributed by atoms with van der Waals surface area (Å²) in [6, 6.07) is 40.0. The van der Waals surface area contributed by atoms with Crippen LogP contribution in [0.15, 0.2) is 136 Å². The first-order valence-electron chi connectivity index (χ1n) is 14.5. The molecule has 3 heteroatoms. The number of para-hydroxylation sites is 1. The second kappa shape index (κ2) is 10.1. The number of amidine groups is 1. The molecule has 5 aromatic carbocycles. The van der Waals surface area contributed by atoms with Crippen molar-refractivity contribution in [2.24, 2.45) is 9.98 Å². The Bertz CT molecular complexity index is 2060. The van der Waals surface area contributed by atoms with Gasteiger partial charge >= 0.3 is 0 Å². The van der Waals surface area contributed by atoms with Crippen LogP contribution in [0.2, 0.25) is 0 Å². The van der Waals surface area contributed by atoms with Crippen molar-refractivity contribution >= 4 is 39.2 Å². The molecule has 0 unspecified atom stereocenters. The monoisotopic (exact) mass is 544 g/mol. The fourth-order valence-electron chi connectivity index (χ4n) is 6.21. The highest BCUT2D eigenvalue weighted by atomic mass is 16.3. The molecule has 42 heavy (non-hydrogen) atoms. The average molecular weight is 545 g/mol. The van der Waals surface area contributed by atoms with Crippen LogP contribution in [-0.2, 0) is 5.41 Å². The smallest absolute Gasteiger partial charge is 0.160 e. The Labute approximate surface area is 246 Å². The van der Waals surface area contributed by atoms with E-state index in [4.69, 9.17) is 14.4 Å². The van der Waals surface area contributed by atoms with Crippen molar-refractivity contribution in [1.82, 2.24) is 0 Å². The largest absolute Gasteiger partial charge is 0.455 e. The van der Waals surface area contributed by atoms with Crippen molar-refractivity contribution in [3.8, 4) is 11.1 Å². The van der Waals surface area contributed by atoms with E-state index in [0.29, 0.717) is 5.84 Å². The van der Waals surface area contributed by atoms with Crippen molar-refractivity contribution in [3.63, 3.8) is 0 Å². The van der Waals surface area contributed by atoms with Gasteiger partial charge in [-0.3, -0.25) is 0 Å². The molecule has 0 amide bonds. The van der Waals surface area contributed by atoms with Crippen LogP contribution in [0.1, 0.15) is 55.5 Å². The molecule has 0 saturated heterocycles. The molecule has 0 N–H and O–H groups in total. The van der Waals surface area contributed by atoms with Gasteiger partial charge < -0.3 is 4.42 Å². The standard InChI is InChI=1S/C39H32N2O/c1-5-34(26-14-8-6-9-15-26)41-38(27-16-10-7-11-17-27)40-25(2)28-20-21-31-33(24-28)39(3,4)32-23-22-30-29-18-12-13-19-35(29)42-37(30)36(31)32/h5-24H,1-4H3/b34-5+,40-25+,41-38-. The molecule has 0 bridgehead atoms. The number of allylic oxidation sites excluding steroid dienone is 1. The molecule has 1 aliphatic rings. The molecule has 0 radical (unpaired) electrons. The van der Waals surface area contributed by atoms with Gasteiger partial charge in [-0.25, -0.2) is 9.98 Å². The summed E-state index contributed by atoms with van der Waals surface area (Å²) in [4.78, 5) is 10.2. The first-order valence-corrected chi connectivity index (χ1v) is 14.5. The summed E-state index contributed by atoms with van der Waals surface area (Å²) in [5.74, 6) is 0.692. The first-order chi connectivity index (χ1) is 20.5. The van der Waals surface area contributed by atoms with E-state index in [1.807, 2.05) is 55.5 Å². The van der Waals surface area contributed by atoms with E-state index in [1.54, 1.807) is 0 Å². The fourth-order valence-corrected chi connectivity index (χ4v) is 6.21. The number of nitrogens with zero attached hydrogens (tertiary/aromatic N) is 2. The average Bonchev–Trinajstić information content (AvgIpc) is 3.52. The summed E-state index contributed by atoms with van der Waals surface area (Å²) < 4.78 is 6.46. The molecule has 7 rings (SSSR count). The number of benzene rings is 5. The van der Waals surface area contributed by atoms with Crippen molar-refractivity contribution in [1.29, 1.82) is 0 Å². The third kappa shape index (κ3) is 4.21. The highest BCUT2D eigenvalue weighted by molar-refractivity contribution is 6.14. The lowest BCUT2D eigenvalue weighted by Gasteiger charge is -2.22. The van der Waals surface area contributed by atoms with Crippen molar-refractivity contribution in [2.45, 2.75) is 33.1 Å². The minimum absolute atomic E-state index is 0.171. The first kappa shape index (κ1) is 25.9. The SMILES string of the molecule is C/C=C(/N=C(\N=C(/C)c1ccc2c(c1)C(C)(C)c1ccc3c(oc4ccccc43)c1-2)c1ccccc1)c1ccccc1. The molecule has 1 heterocycles. The van der Waals surface area contributed by atoms with Gasteiger partial charge in [0.2, 0.25) is 0 Å². The molecular formula is C39H32N2O. The number of fused-ring (bicyclic) bond motifs is 7. The maximum Gasteiger partial charge on any atom is 0.160 e. The summed E-state index contributed by atoms with van der Waals surface area (Å²) >= 11 is 0. The number of hydrogen-bond donors (Lipinski definition) is 0. The predicted octanol–water partition coefficient (Wildman–Crippen LogP) is 10.2. The van der Waals surface area contributed by atoms with Crippen molar-refractivity contribution in [3.05, 3.63) is 149 Å². The van der Waals surface area contributed by atoms with E-state index < -0.39 is 0 Å². The Hall–Kier alpha value is -5.02. The van der Waals surface area contributed by atoms with Crippen LogP contribution < -0.4 is 0 Å². The third-order valence-corrected chi connectivity index (χ3v) is 8.48. The Morgan fingerprint density at radius 2 is 1.36 bits per heavy atom. The Balaban J connectivity index is 1.35. The maximum atomic E-state index is 6.46. The van der Waals surface area contributed by atoms with E-state index in [0.717, 1.165) is 50.0 Å². The highest BCUT2D eigenvalue weighted by Crippen LogP contribution is 2.52. The third-order valence-electron chi connectivity index (χ3n) is 8.48. The van der Waals surface area contributed by atoms with Crippen LogP contribution in [0.3, 0.4) is 0 Å². The Morgan fingerprint density at radius 1 is 0.667 bits per heavy atom. The number of hydrogen-bond acceptors (Lipinski definition) is 2. The van der Waals surface area contributed by atoms with Gasteiger partial charge in [0.05, 0.1) is 5.70 Å². The van der Waals surface area contributed by atoms with Crippen LogP contribution in [0.25, 0.3) is 38.8 Å². The molecule has 1 aromatic heterocycles. The van der Waals surface area contributed by atoms with E-state index in [1.165, 1.54) is 22.3 Å². The van der Waals surface area contributed by atoms with Gasteiger partial charge in [0.15, 0.2) is 5.84 Å². The van der Waals surface area contributed by atoms with Gasteiger partial charge in [-0.05, 0) is 53.8 Å². The molecular weight excluding hydrogens is 512 g/mol. The van der Waals surface area contributed by atoms with Gasteiger partial charge in [-0.2, -0.15) is 0 Å². The molecule has 204 valence electrons. The number of furan rings is 1. The van der Waals surface area contributed by atoms with E-state index >= 15 is 0 Å². The summed E-state index contributed by atoms with van der Waals surface area (Å²) in [5.41, 5.74) is 11.7. The van der Waals surface area contributed by atoms with Crippen LogP contribution in [0.5, 0.6) is 0 Å². The number of rotatable bonds is 4. The Morgan fingerprint density at radius 3 is 2.10 bits per heavy atom. The van der Waals surface area contributed by atoms with Crippen LogP contribution in [0, 0.1) is 0 Å². The molecule has 6 aromatic rings. The topological polar surface area (TPSA) is 37.9 Å². The second-order valence-corrected chi connectivity index (χ2v) is 11.4. The van der Waals surface area contributed by atoms with Gasteiger partial charge in [0.1, 0.15) is 11.2 Å². The quantitative estimate of drug-likeness (QED) is 0.161. The number of aliphatic imine (C=N–C) groups is 2. The minimum Gasteiger partial charge on any atom is -0.455 e. The molecule has 0 spiro atoms. The summed E-state index contributed by atoms with van der Waals surface area (Å²) in [5, 5.41) is 2.32. The van der Waals surface area contributed by atoms with E-state index in [-0.39, 0.29) is 5.41 Å². The molecule has 0 fully saturated rings. The van der Waals surface area contributed by atoms with Crippen molar-refractivity contribution < 1.29 is 4.42 Å². The highest BCUT2D eigenvalue weighted by Gasteiger charge is 2.38. The van der Waals surface area contributed by atoms with Crippen molar-refractivity contribution in [2.75, 3.05) is 0 Å². The molecule has 0 saturated carbocycles. The Kier molecular flexibility index (Phi) is 6.24. The lowest BCUT2D eigenvalue weighted by atomic mass is 9.81. The minimum atomic E-state index is -0.171. The zero-order valence-electron chi connectivity index (χ0n) is 24.3. The summed E-state index contributed by atoms with van der Waals surface area (Å²) in [7, 11) is 0. The van der Waals surface area contributed by atoms with Crippen LogP contribution >= 0.6 is 0 Å². The molecule has 0 atom stereocenters. The maximum absolute atomic E-state index is 6.46. The van der Waals surface area contributed by atoms with Crippen LogP contribution in [-0.4, -0.2) is 11.5 Å². The van der Waals surface area contributed by atoms with E-state index in [9.17, 15) is 0 Å². The lowest BCUT2D eigenvalue weighted by Crippen LogP contribution is -2.15. The second-order valence-electron chi connectivity index (χ2n) is 11.4. The molecule has 3 nitrogen and oxygen atoms in total. The van der Waals surface area contributed by atoms with Gasteiger partial charge in [0, 0.05) is 33.0 Å². The zero-order valence-corrected chi connectivity index (χ0v) is 24.3. The fraction of sp³-hybridized carbons (Fsp3) is 0.128. The normalized spacial score (nSPS) is 14.8. The zero-order chi connectivity index (χ0) is 28.8. The van der Waals surface area contributed by atoms with Crippen LogP contribution in [0.4, 0.5) is 0 Å². The predicted molar refractivity (Wildman–Crippen MR) is 177 cm³/mol. The lowest BCUT2D eigenvalue weighted by molar-refractivity contribution is 0.653. The summed E-state index contributed by atoms with van der Waals surface area (Å²) in [6.45, 7) is 8.70. The molecule has 0 aliphatic heterocycles. The van der Waals surface area contributed by atoms with E-state index in [2.05, 4.69) is 93.6 Å². The van der Waals surface area contributed by atoms with Gasteiger partial charge in [-0.1, -0.05) is 123 Å². The summed E-state index contributed by atoms with van der Waals surface area (Å²) in [6.07, 6.45) is 2.04. The van der Waals surface area contributed by atoms with Gasteiger partial charge in [-0.15, -0.1) is 0 Å².